The van der Waals surface area contributed by atoms with E-state index in [0.717, 1.165) is 59.7 Å². The maximum Gasteiger partial charge on any atom is 0.183 e. The first-order chi connectivity index (χ1) is 16.2. The van der Waals surface area contributed by atoms with Crippen molar-refractivity contribution in [3.8, 4) is 11.1 Å². The Hall–Kier alpha value is -3.46. The highest BCUT2D eigenvalue weighted by molar-refractivity contribution is 7.92. The topological polar surface area (TPSA) is 95.1 Å². The highest BCUT2D eigenvalue weighted by Crippen LogP contribution is 2.31. The molecule has 1 saturated heterocycles. The summed E-state index contributed by atoms with van der Waals surface area (Å²) in [6, 6.07) is 13.5. The number of nitrogens with zero attached hydrogens (tertiary/aromatic N) is 5. The van der Waals surface area contributed by atoms with Crippen molar-refractivity contribution in [1.82, 2.24) is 20.2 Å². The van der Waals surface area contributed by atoms with E-state index < -0.39 is 14.6 Å². The summed E-state index contributed by atoms with van der Waals surface area (Å²) in [5.41, 5.74) is 3.92. The summed E-state index contributed by atoms with van der Waals surface area (Å²) >= 11 is 0. The lowest BCUT2D eigenvalue weighted by Gasteiger charge is -2.37. The fourth-order valence-electron chi connectivity index (χ4n) is 4.26. The van der Waals surface area contributed by atoms with E-state index in [-0.39, 0.29) is 0 Å². The molecule has 176 valence electrons. The van der Waals surface area contributed by atoms with E-state index in [2.05, 4.69) is 36.0 Å². The summed E-state index contributed by atoms with van der Waals surface area (Å²) in [7, 11) is -3.40. The van der Waals surface area contributed by atoms with Gasteiger partial charge in [0.15, 0.2) is 9.84 Å². The minimum Gasteiger partial charge on any atom is -0.368 e. The summed E-state index contributed by atoms with van der Waals surface area (Å²) in [4.78, 5) is 13.9. The molecule has 2 aromatic heterocycles. The SMILES string of the molecule is CC(C)(C)S(=O)(=O)c1cccc(N2CCN(c3ncnc4ccc(-c5cn[nH]c5)cc34)CC2)c1. The van der Waals surface area contributed by atoms with Crippen molar-refractivity contribution >= 4 is 32.2 Å². The Morgan fingerprint density at radius 3 is 2.38 bits per heavy atom. The second-order valence-corrected chi connectivity index (χ2v) is 12.2. The summed E-state index contributed by atoms with van der Waals surface area (Å²) in [5, 5.41) is 7.92. The first kappa shape index (κ1) is 22.3. The molecule has 34 heavy (non-hydrogen) atoms. The molecule has 1 aliphatic rings. The minimum absolute atomic E-state index is 0.369. The van der Waals surface area contributed by atoms with E-state index in [4.69, 9.17) is 0 Å². The van der Waals surface area contributed by atoms with Crippen molar-refractivity contribution in [2.75, 3.05) is 36.0 Å². The Balaban J connectivity index is 1.38. The number of hydrogen-bond donors (Lipinski definition) is 1. The maximum absolute atomic E-state index is 12.9. The number of benzene rings is 2. The Morgan fingerprint density at radius 2 is 1.68 bits per heavy atom. The third-order valence-corrected chi connectivity index (χ3v) is 8.81. The quantitative estimate of drug-likeness (QED) is 0.477. The molecule has 4 aromatic rings. The van der Waals surface area contributed by atoms with Crippen molar-refractivity contribution in [2.45, 2.75) is 30.4 Å². The van der Waals surface area contributed by atoms with Gasteiger partial charge in [-0.25, -0.2) is 18.4 Å². The number of rotatable bonds is 4. The van der Waals surface area contributed by atoms with Crippen molar-refractivity contribution in [3.63, 3.8) is 0 Å². The van der Waals surface area contributed by atoms with Crippen LogP contribution in [0.25, 0.3) is 22.0 Å². The fraction of sp³-hybridized carbons (Fsp3) is 0.320. The van der Waals surface area contributed by atoms with E-state index in [1.54, 1.807) is 45.4 Å². The minimum atomic E-state index is -3.40. The van der Waals surface area contributed by atoms with Gasteiger partial charge in [-0.05, 0) is 56.7 Å². The normalized spacial score (nSPS) is 15.1. The van der Waals surface area contributed by atoms with Gasteiger partial charge in [-0.1, -0.05) is 12.1 Å². The number of aromatic amines is 1. The van der Waals surface area contributed by atoms with Gasteiger partial charge >= 0.3 is 0 Å². The molecule has 0 atom stereocenters. The molecule has 0 aliphatic carbocycles. The molecule has 2 aromatic carbocycles. The predicted octanol–water partition coefficient (Wildman–Crippen LogP) is 3.92. The molecule has 0 spiro atoms. The van der Waals surface area contributed by atoms with Gasteiger partial charge in [-0.2, -0.15) is 5.10 Å². The van der Waals surface area contributed by atoms with Crippen LogP contribution in [-0.2, 0) is 9.84 Å². The van der Waals surface area contributed by atoms with Crippen LogP contribution in [0.3, 0.4) is 0 Å². The summed E-state index contributed by atoms with van der Waals surface area (Å²) < 4.78 is 25.0. The molecule has 0 amide bonds. The lowest BCUT2D eigenvalue weighted by Crippen LogP contribution is -2.47. The van der Waals surface area contributed by atoms with Crippen LogP contribution in [0.1, 0.15) is 20.8 Å². The zero-order valence-corrected chi connectivity index (χ0v) is 20.4. The van der Waals surface area contributed by atoms with Crippen LogP contribution in [-0.4, -0.2) is 59.5 Å². The Morgan fingerprint density at radius 1 is 0.912 bits per heavy atom. The molecular weight excluding hydrogens is 448 g/mol. The molecule has 0 radical (unpaired) electrons. The van der Waals surface area contributed by atoms with Crippen LogP contribution in [0.5, 0.6) is 0 Å². The van der Waals surface area contributed by atoms with Gasteiger partial charge in [0.1, 0.15) is 12.1 Å². The molecule has 0 saturated carbocycles. The molecule has 8 nitrogen and oxygen atoms in total. The fourth-order valence-corrected chi connectivity index (χ4v) is 5.50. The lowest BCUT2D eigenvalue weighted by molar-refractivity contribution is 0.560. The Bertz CT molecular complexity index is 1420. The van der Waals surface area contributed by atoms with Gasteiger partial charge in [-0.15, -0.1) is 0 Å². The van der Waals surface area contributed by atoms with Gasteiger partial charge in [0.05, 0.1) is 21.4 Å². The summed E-state index contributed by atoms with van der Waals surface area (Å²) in [5.74, 6) is 0.916. The molecule has 9 heteroatoms. The molecule has 1 N–H and O–H groups in total. The Kier molecular flexibility index (Phi) is 5.51. The molecular formula is C25H28N6O2S. The number of nitrogens with one attached hydrogen (secondary N) is 1. The number of fused-ring (bicyclic) bond motifs is 1. The van der Waals surface area contributed by atoms with Crippen LogP contribution < -0.4 is 9.80 Å². The Labute approximate surface area is 199 Å². The monoisotopic (exact) mass is 476 g/mol. The van der Waals surface area contributed by atoms with E-state index in [9.17, 15) is 8.42 Å². The number of aromatic nitrogens is 4. The van der Waals surface area contributed by atoms with E-state index in [1.807, 2.05) is 30.5 Å². The van der Waals surface area contributed by atoms with Gasteiger partial charge < -0.3 is 9.80 Å². The van der Waals surface area contributed by atoms with Crippen molar-refractivity contribution in [3.05, 3.63) is 61.2 Å². The van der Waals surface area contributed by atoms with E-state index in [0.29, 0.717) is 4.90 Å². The van der Waals surface area contributed by atoms with Crippen LogP contribution in [0.2, 0.25) is 0 Å². The first-order valence-corrected chi connectivity index (χ1v) is 12.8. The van der Waals surface area contributed by atoms with Gasteiger partial charge in [0, 0.05) is 49.0 Å². The zero-order chi connectivity index (χ0) is 23.9. The first-order valence-electron chi connectivity index (χ1n) is 11.3. The summed E-state index contributed by atoms with van der Waals surface area (Å²) in [6.45, 7) is 8.29. The number of anilines is 2. The zero-order valence-electron chi connectivity index (χ0n) is 19.6. The van der Waals surface area contributed by atoms with E-state index >= 15 is 0 Å². The summed E-state index contributed by atoms with van der Waals surface area (Å²) in [6.07, 6.45) is 5.29. The molecule has 1 aliphatic heterocycles. The van der Waals surface area contributed by atoms with Crippen LogP contribution in [0.4, 0.5) is 11.5 Å². The van der Waals surface area contributed by atoms with Gasteiger partial charge in [0.25, 0.3) is 0 Å². The molecule has 5 rings (SSSR count). The largest absolute Gasteiger partial charge is 0.368 e. The number of H-pyrrole nitrogens is 1. The number of hydrogen-bond acceptors (Lipinski definition) is 7. The van der Waals surface area contributed by atoms with Gasteiger partial charge in [-0.3, -0.25) is 5.10 Å². The molecule has 0 bridgehead atoms. The van der Waals surface area contributed by atoms with Crippen LogP contribution in [0, 0.1) is 0 Å². The third-order valence-electron chi connectivity index (χ3n) is 6.32. The van der Waals surface area contributed by atoms with Crippen LogP contribution >= 0.6 is 0 Å². The highest BCUT2D eigenvalue weighted by Gasteiger charge is 2.31. The van der Waals surface area contributed by atoms with Crippen molar-refractivity contribution < 1.29 is 8.42 Å². The molecule has 1 fully saturated rings. The lowest BCUT2D eigenvalue weighted by atomic mass is 10.1. The van der Waals surface area contributed by atoms with Gasteiger partial charge in [0.2, 0.25) is 0 Å². The van der Waals surface area contributed by atoms with Crippen molar-refractivity contribution in [2.24, 2.45) is 0 Å². The molecule has 0 unspecified atom stereocenters. The van der Waals surface area contributed by atoms with E-state index in [1.165, 1.54) is 0 Å². The van der Waals surface area contributed by atoms with Crippen LogP contribution in [0.15, 0.2) is 66.1 Å². The highest BCUT2D eigenvalue weighted by atomic mass is 32.2. The smallest absolute Gasteiger partial charge is 0.183 e. The second kappa shape index (κ2) is 8.39. The maximum atomic E-state index is 12.9. The third kappa shape index (κ3) is 4.00. The number of piperazine rings is 1. The molecule has 3 heterocycles. The van der Waals surface area contributed by atoms with Crippen molar-refractivity contribution in [1.29, 1.82) is 0 Å². The standard InChI is InChI=1S/C25H28N6O2S/c1-25(2,3)34(32,33)21-6-4-5-20(14-21)30-9-11-31(12-10-30)24-22-13-18(19-15-28-29-16-19)7-8-23(22)26-17-27-24/h4-8,13-17H,9-12H2,1-3H3,(H,28,29). The average Bonchev–Trinajstić information content (AvgIpc) is 3.38. The predicted molar refractivity (Wildman–Crippen MR) is 135 cm³/mol. The number of sulfone groups is 1. The second-order valence-electron chi connectivity index (χ2n) is 9.50. The average molecular weight is 477 g/mol.